The third-order valence-corrected chi connectivity index (χ3v) is 5.30. The molecule has 5 nitrogen and oxygen atoms in total. The lowest BCUT2D eigenvalue weighted by Crippen LogP contribution is -2.24. The summed E-state index contributed by atoms with van der Waals surface area (Å²) >= 11 is 12.6. The van der Waals surface area contributed by atoms with Crippen LogP contribution in [-0.2, 0) is 4.79 Å². The quantitative estimate of drug-likeness (QED) is 0.551. The third-order valence-electron chi connectivity index (χ3n) is 4.76. The number of nitrogens with zero attached hydrogens (tertiary/aromatic N) is 3. The van der Waals surface area contributed by atoms with Crippen molar-refractivity contribution in [3.05, 3.63) is 69.8 Å². The Kier molecular flexibility index (Phi) is 4.96. The fourth-order valence-electron chi connectivity index (χ4n) is 3.45. The number of rotatable bonds is 3. The number of methoxy groups -OCH3 is 1. The van der Waals surface area contributed by atoms with E-state index in [1.54, 1.807) is 13.2 Å². The molecule has 142 valence electrons. The monoisotopic (exact) mass is 413 g/mol. The number of pyridine rings is 1. The number of aromatic nitrogens is 1. The Hall–Kier alpha value is -2.63. The number of para-hydroxylation sites is 1. The van der Waals surface area contributed by atoms with E-state index in [2.05, 4.69) is 10.1 Å². The van der Waals surface area contributed by atoms with Gasteiger partial charge in [-0.15, -0.1) is 0 Å². The van der Waals surface area contributed by atoms with E-state index in [0.717, 1.165) is 22.2 Å². The number of fused-ring (bicyclic) bond motifs is 1. The second kappa shape index (κ2) is 7.41. The summed E-state index contributed by atoms with van der Waals surface area (Å²) in [4.78, 5) is 16.8. The molecule has 4 rings (SSSR count). The highest BCUT2D eigenvalue weighted by atomic mass is 35.5. The first-order chi connectivity index (χ1) is 13.5. The molecule has 0 radical (unpaired) electrons. The Morgan fingerprint density at radius 1 is 1.18 bits per heavy atom. The van der Waals surface area contributed by atoms with Crippen LogP contribution in [-0.4, -0.2) is 28.7 Å². The molecule has 2 aromatic carbocycles. The molecule has 7 heteroatoms. The first-order valence-electron chi connectivity index (χ1n) is 8.74. The zero-order chi connectivity index (χ0) is 19.8. The molecule has 28 heavy (non-hydrogen) atoms. The number of hydrogen-bond acceptors (Lipinski definition) is 4. The number of hydrogen-bond donors (Lipinski definition) is 0. The number of carbonyl (C=O) groups is 1. The van der Waals surface area contributed by atoms with Crippen molar-refractivity contribution in [3.8, 4) is 5.75 Å². The maximum atomic E-state index is 12.3. The second-order valence-corrected chi connectivity index (χ2v) is 7.34. The van der Waals surface area contributed by atoms with E-state index in [1.165, 1.54) is 11.9 Å². The number of hydrazone groups is 1. The summed E-state index contributed by atoms with van der Waals surface area (Å²) < 4.78 is 5.37. The minimum atomic E-state index is -0.331. The van der Waals surface area contributed by atoms with Gasteiger partial charge in [0, 0.05) is 29.3 Å². The highest BCUT2D eigenvalue weighted by Gasteiger charge is 2.33. The van der Waals surface area contributed by atoms with Gasteiger partial charge >= 0.3 is 0 Å². The lowest BCUT2D eigenvalue weighted by molar-refractivity contribution is -0.130. The molecule has 2 heterocycles. The van der Waals surface area contributed by atoms with Crippen LogP contribution in [0.1, 0.15) is 30.5 Å². The van der Waals surface area contributed by atoms with Crippen molar-refractivity contribution in [2.24, 2.45) is 5.10 Å². The highest BCUT2D eigenvalue weighted by Crippen LogP contribution is 2.38. The SMILES string of the molecule is COc1cccc2cc([C@@H]3CC(c4cccc(Cl)c4)=NN3C(C)=O)c(Cl)nc12. The van der Waals surface area contributed by atoms with Gasteiger partial charge in [-0.3, -0.25) is 4.79 Å². The summed E-state index contributed by atoms with van der Waals surface area (Å²) in [5.74, 6) is 0.487. The van der Waals surface area contributed by atoms with Gasteiger partial charge in [0.2, 0.25) is 5.91 Å². The van der Waals surface area contributed by atoms with Crippen LogP contribution in [0.15, 0.2) is 53.6 Å². The highest BCUT2D eigenvalue weighted by molar-refractivity contribution is 6.31. The van der Waals surface area contributed by atoms with Gasteiger partial charge in [0.1, 0.15) is 16.4 Å². The van der Waals surface area contributed by atoms with E-state index < -0.39 is 0 Å². The van der Waals surface area contributed by atoms with Gasteiger partial charge in [-0.2, -0.15) is 5.10 Å². The van der Waals surface area contributed by atoms with Crippen LogP contribution < -0.4 is 4.74 Å². The van der Waals surface area contributed by atoms with Crippen molar-refractivity contribution in [3.63, 3.8) is 0 Å². The molecule has 0 saturated heterocycles. The average molecular weight is 414 g/mol. The summed E-state index contributed by atoms with van der Waals surface area (Å²) in [7, 11) is 1.60. The Labute approximate surface area is 172 Å². The van der Waals surface area contributed by atoms with Crippen molar-refractivity contribution >= 4 is 45.7 Å². The molecule has 0 fully saturated rings. The van der Waals surface area contributed by atoms with Crippen molar-refractivity contribution < 1.29 is 9.53 Å². The molecule has 0 unspecified atom stereocenters. The first kappa shape index (κ1) is 18.7. The number of ether oxygens (including phenoxy) is 1. The van der Waals surface area contributed by atoms with Gasteiger partial charge in [0.25, 0.3) is 0 Å². The van der Waals surface area contributed by atoms with Gasteiger partial charge in [-0.25, -0.2) is 9.99 Å². The fourth-order valence-corrected chi connectivity index (χ4v) is 3.90. The van der Waals surface area contributed by atoms with E-state index in [1.807, 2.05) is 42.5 Å². The molecule has 1 amide bonds. The van der Waals surface area contributed by atoms with Crippen LogP contribution in [0.2, 0.25) is 10.2 Å². The Morgan fingerprint density at radius 2 is 1.96 bits per heavy atom. The van der Waals surface area contributed by atoms with Gasteiger partial charge < -0.3 is 4.74 Å². The van der Waals surface area contributed by atoms with Gasteiger partial charge in [0.15, 0.2) is 0 Å². The molecule has 3 aromatic rings. The zero-order valence-electron chi connectivity index (χ0n) is 15.3. The largest absolute Gasteiger partial charge is 0.494 e. The molecule has 1 aliphatic rings. The van der Waals surface area contributed by atoms with Crippen LogP contribution in [0.3, 0.4) is 0 Å². The predicted octanol–water partition coefficient (Wildman–Crippen LogP) is 5.25. The first-order valence-corrected chi connectivity index (χ1v) is 9.50. The van der Waals surface area contributed by atoms with Crippen LogP contribution >= 0.6 is 23.2 Å². The zero-order valence-corrected chi connectivity index (χ0v) is 16.8. The molecule has 0 spiro atoms. The lowest BCUT2D eigenvalue weighted by atomic mass is 9.98. The van der Waals surface area contributed by atoms with E-state index >= 15 is 0 Å². The van der Waals surface area contributed by atoms with Crippen molar-refractivity contribution in [1.82, 2.24) is 9.99 Å². The Morgan fingerprint density at radius 3 is 2.68 bits per heavy atom. The third kappa shape index (κ3) is 3.32. The van der Waals surface area contributed by atoms with E-state index in [-0.39, 0.29) is 11.9 Å². The van der Waals surface area contributed by atoms with Gasteiger partial charge in [-0.1, -0.05) is 47.5 Å². The molecule has 1 atom stereocenters. The maximum absolute atomic E-state index is 12.3. The van der Waals surface area contributed by atoms with E-state index in [9.17, 15) is 4.79 Å². The summed E-state index contributed by atoms with van der Waals surface area (Å²) in [6.07, 6.45) is 0.525. The Balaban J connectivity index is 1.78. The molecule has 1 aliphatic heterocycles. The van der Waals surface area contributed by atoms with Crippen LogP contribution in [0, 0.1) is 0 Å². The molecule has 0 N–H and O–H groups in total. The van der Waals surface area contributed by atoms with Crippen LogP contribution in [0.25, 0.3) is 10.9 Å². The van der Waals surface area contributed by atoms with Crippen LogP contribution in [0.4, 0.5) is 0 Å². The number of benzene rings is 2. The number of halogens is 2. The topological polar surface area (TPSA) is 54.8 Å². The van der Waals surface area contributed by atoms with Crippen molar-refractivity contribution in [1.29, 1.82) is 0 Å². The molecule has 0 aliphatic carbocycles. The molecule has 0 saturated carbocycles. The van der Waals surface area contributed by atoms with Crippen molar-refractivity contribution in [2.75, 3.05) is 7.11 Å². The fraction of sp³-hybridized carbons (Fsp3) is 0.190. The molecule has 0 bridgehead atoms. The lowest BCUT2D eigenvalue weighted by Gasteiger charge is -2.21. The molecule has 1 aromatic heterocycles. The summed E-state index contributed by atoms with van der Waals surface area (Å²) in [5, 5.41) is 7.84. The number of carbonyl (C=O) groups excluding carboxylic acids is 1. The summed E-state index contributed by atoms with van der Waals surface area (Å²) in [6, 6.07) is 14.7. The maximum Gasteiger partial charge on any atom is 0.240 e. The minimum absolute atomic E-state index is 0.163. The standard InChI is InChI=1S/C21H17Cl2N3O2/c1-12(27)26-18(11-17(25-26)13-5-3-7-15(22)9-13)16-10-14-6-4-8-19(28-2)20(14)24-21(16)23/h3-10,18H,11H2,1-2H3/t18-/m0/s1. The number of amides is 1. The molecular formula is C21H17Cl2N3O2. The molecular weight excluding hydrogens is 397 g/mol. The predicted molar refractivity (Wildman–Crippen MR) is 111 cm³/mol. The van der Waals surface area contributed by atoms with E-state index in [4.69, 9.17) is 27.9 Å². The smallest absolute Gasteiger partial charge is 0.240 e. The minimum Gasteiger partial charge on any atom is -0.494 e. The van der Waals surface area contributed by atoms with Gasteiger partial charge in [0.05, 0.1) is 18.9 Å². The summed E-state index contributed by atoms with van der Waals surface area (Å²) in [6.45, 7) is 1.49. The summed E-state index contributed by atoms with van der Waals surface area (Å²) in [5.41, 5.74) is 3.10. The average Bonchev–Trinajstić information content (AvgIpc) is 3.12. The van der Waals surface area contributed by atoms with Gasteiger partial charge in [-0.05, 0) is 29.8 Å². The van der Waals surface area contributed by atoms with Crippen LogP contribution in [0.5, 0.6) is 5.75 Å². The second-order valence-electron chi connectivity index (χ2n) is 6.54. The van der Waals surface area contributed by atoms with E-state index in [0.29, 0.717) is 27.9 Å². The Bertz CT molecular complexity index is 1110. The normalized spacial score (nSPS) is 16.4. The van der Waals surface area contributed by atoms with Crippen molar-refractivity contribution in [2.45, 2.75) is 19.4 Å².